The topological polar surface area (TPSA) is 92.9 Å². The largest absolute Gasteiger partial charge is 0.495 e. The number of hydrogen-bond donors (Lipinski definition) is 3. The molecule has 3 amide bonds. The number of hydrogen-bond acceptors (Lipinski definition) is 5. The maximum absolute atomic E-state index is 14.0. The molecule has 1 saturated heterocycles. The summed E-state index contributed by atoms with van der Waals surface area (Å²) in [4.78, 5) is 37.5. The molecule has 5 rings (SSSR count). The van der Waals surface area contributed by atoms with Crippen LogP contribution in [-0.4, -0.2) is 91.1 Å². The van der Waals surface area contributed by atoms with Gasteiger partial charge in [0.15, 0.2) is 0 Å². The second-order valence-corrected chi connectivity index (χ2v) is 12.1. The van der Waals surface area contributed by atoms with E-state index in [1.807, 2.05) is 74.6 Å². The molecule has 2 aliphatic rings. The number of methoxy groups -OCH3 is 1. The van der Waals surface area contributed by atoms with Crippen LogP contribution < -0.4 is 15.4 Å². The average Bonchev–Trinajstić information content (AvgIpc) is 3.44. The number of amides is 3. The Morgan fingerprint density at radius 1 is 1.05 bits per heavy atom. The Bertz CT molecular complexity index is 1360. The van der Waals surface area contributed by atoms with Gasteiger partial charge in [0, 0.05) is 61.8 Å². The normalized spacial score (nSPS) is 18.2. The number of aromatic nitrogens is 1. The summed E-state index contributed by atoms with van der Waals surface area (Å²) >= 11 is 0. The van der Waals surface area contributed by atoms with Gasteiger partial charge in [0.25, 0.3) is 0 Å². The number of carbonyl (C=O) groups excluding carboxylic acids is 2. The predicted molar refractivity (Wildman–Crippen MR) is 168 cm³/mol. The Hall–Kier alpha value is -3.56. The van der Waals surface area contributed by atoms with Crippen LogP contribution in [0.15, 0.2) is 48.7 Å². The van der Waals surface area contributed by atoms with E-state index in [0.29, 0.717) is 30.6 Å². The molecular formula is C33H46N6O3. The average molecular weight is 575 g/mol. The van der Waals surface area contributed by atoms with Crippen LogP contribution in [0, 0.1) is 0 Å². The summed E-state index contributed by atoms with van der Waals surface area (Å²) in [7, 11) is 5.61. The first-order valence-corrected chi connectivity index (χ1v) is 15.3. The van der Waals surface area contributed by atoms with Crippen LogP contribution in [0.2, 0.25) is 0 Å². The second-order valence-electron chi connectivity index (χ2n) is 12.1. The highest BCUT2D eigenvalue weighted by atomic mass is 16.5. The third kappa shape index (κ3) is 6.90. The number of carbonyl (C=O) groups is 2. The highest BCUT2D eigenvalue weighted by Gasteiger charge is 2.33. The minimum Gasteiger partial charge on any atom is -0.495 e. The van der Waals surface area contributed by atoms with E-state index < -0.39 is 6.04 Å². The summed E-state index contributed by atoms with van der Waals surface area (Å²) in [6.45, 7) is 5.81. The molecule has 3 aromatic rings. The van der Waals surface area contributed by atoms with Crippen molar-refractivity contribution in [3.8, 4) is 5.75 Å². The van der Waals surface area contributed by atoms with Gasteiger partial charge < -0.3 is 30.2 Å². The molecule has 9 nitrogen and oxygen atoms in total. The fourth-order valence-corrected chi connectivity index (χ4v) is 6.56. The molecule has 0 radical (unpaired) electrons. The number of rotatable bonds is 9. The summed E-state index contributed by atoms with van der Waals surface area (Å²) in [5.41, 5.74) is 3.63. The van der Waals surface area contributed by atoms with E-state index in [2.05, 4.69) is 25.4 Å². The van der Waals surface area contributed by atoms with Gasteiger partial charge in [-0.15, -0.1) is 0 Å². The molecule has 1 aliphatic heterocycles. The molecule has 1 aromatic heterocycles. The van der Waals surface area contributed by atoms with Gasteiger partial charge in [0.2, 0.25) is 5.91 Å². The fraction of sp³-hybridized carbons (Fsp3) is 0.515. The maximum Gasteiger partial charge on any atom is 0.318 e. The lowest BCUT2D eigenvalue weighted by Gasteiger charge is -2.41. The minimum absolute atomic E-state index is 0.196. The van der Waals surface area contributed by atoms with Gasteiger partial charge in [-0.3, -0.25) is 9.69 Å². The number of H-pyrrole nitrogens is 1. The van der Waals surface area contributed by atoms with Gasteiger partial charge in [-0.1, -0.05) is 50.5 Å². The number of anilines is 1. The summed E-state index contributed by atoms with van der Waals surface area (Å²) < 4.78 is 5.58. The molecule has 1 aliphatic carbocycles. The van der Waals surface area contributed by atoms with Crippen molar-refractivity contribution < 1.29 is 14.3 Å². The number of urea groups is 1. The van der Waals surface area contributed by atoms with Crippen molar-refractivity contribution in [1.82, 2.24) is 25.0 Å². The Labute approximate surface area is 249 Å². The number of nitrogens with one attached hydrogen (secondary N) is 3. The number of para-hydroxylation sites is 1. The van der Waals surface area contributed by atoms with E-state index >= 15 is 0 Å². The fourth-order valence-electron chi connectivity index (χ4n) is 6.56. The lowest BCUT2D eigenvalue weighted by molar-refractivity contribution is -0.118. The quantitative estimate of drug-likeness (QED) is 0.334. The van der Waals surface area contributed by atoms with E-state index in [-0.39, 0.29) is 17.9 Å². The number of fused-ring (bicyclic) bond motifs is 1. The third-order valence-corrected chi connectivity index (χ3v) is 8.89. The van der Waals surface area contributed by atoms with Crippen LogP contribution in [-0.2, 0) is 11.3 Å². The van der Waals surface area contributed by atoms with E-state index in [4.69, 9.17) is 4.74 Å². The van der Waals surface area contributed by atoms with Gasteiger partial charge in [-0.25, -0.2) is 4.79 Å². The van der Waals surface area contributed by atoms with E-state index in [1.165, 1.54) is 32.1 Å². The van der Waals surface area contributed by atoms with E-state index in [0.717, 1.165) is 41.7 Å². The van der Waals surface area contributed by atoms with Crippen LogP contribution >= 0.6 is 0 Å². The molecule has 1 saturated carbocycles. The smallest absolute Gasteiger partial charge is 0.318 e. The number of aromatic amines is 1. The predicted octanol–water partition coefficient (Wildman–Crippen LogP) is 5.01. The molecular weight excluding hydrogens is 528 g/mol. The highest BCUT2D eigenvalue weighted by molar-refractivity contribution is 5.99. The number of piperazine rings is 1. The Kier molecular flexibility index (Phi) is 9.69. The van der Waals surface area contributed by atoms with Gasteiger partial charge >= 0.3 is 6.03 Å². The molecule has 2 heterocycles. The third-order valence-electron chi connectivity index (χ3n) is 8.89. The maximum atomic E-state index is 14.0. The van der Waals surface area contributed by atoms with Gasteiger partial charge in [0.05, 0.1) is 12.8 Å². The molecule has 0 spiro atoms. The lowest BCUT2D eigenvalue weighted by Crippen LogP contribution is -2.57. The van der Waals surface area contributed by atoms with Crippen LogP contribution in [0.3, 0.4) is 0 Å². The van der Waals surface area contributed by atoms with Crippen molar-refractivity contribution in [2.24, 2.45) is 0 Å². The molecule has 0 bridgehead atoms. The molecule has 3 N–H and O–H groups in total. The highest BCUT2D eigenvalue weighted by Crippen LogP contribution is 2.31. The lowest BCUT2D eigenvalue weighted by atomic mass is 9.92. The van der Waals surface area contributed by atoms with E-state index in [9.17, 15) is 9.59 Å². The number of benzene rings is 2. The molecule has 226 valence electrons. The minimum atomic E-state index is -0.796. The van der Waals surface area contributed by atoms with Crippen LogP contribution in [0.4, 0.5) is 10.5 Å². The molecule has 2 atom stereocenters. The van der Waals surface area contributed by atoms with Crippen molar-refractivity contribution in [1.29, 1.82) is 0 Å². The zero-order chi connectivity index (χ0) is 29.6. The molecule has 9 heteroatoms. The Balaban J connectivity index is 1.35. The van der Waals surface area contributed by atoms with Crippen LogP contribution in [0.1, 0.15) is 56.1 Å². The van der Waals surface area contributed by atoms with Crippen LogP contribution in [0.5, 0.6) is 5.75 Å². The second kappa shape index (κ2) is 13.6. The summed E-state index contributed by atoms with van der Waals surface area (Å²) in [6, 6.07) is 13.5. The van der Waals surface area contributed by atoms with Crippen molar-refractivity contribution >= 4 is 28.5 Å². The first-order chi connectivity index (χ1) is 20.3. The molecule has 2 unspecified atom stereocenters. The van der Waals surface area contributed by atoms with Gasteiger partial charge in [-0.2, -0.15) is 0 Å². The zero-order valence-electron chi connectivity index (χ0n) is 25.5. The number of nitrogens with zero attached hydrogens (tertiary/aromatic N) is 3. The monoisotopic (exact) mass is 574 g/mol. The Morgan fingerprint density at radius 2 is 1.79 bits per heavy atom. The van der Waals surface area contributed by atoms with E-state index in [1.54, 1.807) is 7.11 Å². The molecule has 2 fully saturated rings. The summed E-state index contributed by atoms with van der Waals surface area (Å²) in [5.74, 6) is 0.0152. The van der Waals surface area contributed by atoms with Crippen molar-refractivity contribution in [3.05, 3.63) is 59.8 Å². The summed E-state index contributed by atoms with van der Waals surface area (Å²) in [6.07, 6.45) is 8.41. The van der Waals surface area contributed by atoms with Crippen molar-refractivity contribution in [2.75, 3.05) is 52.7 Å². The standard InChI is InChI=1S/C33H46N6O3/c1-23(27-21-34-28-13-9-8-12-26(27)28)31(32(40)35-29-20-24(22-37(2)3)14-15-30(29)42-4)36-33(41)39-18-16-38(17-19-39)25-10-6-5-7-11-25/h8-9,12-15,20-21,23,25,31,34H,5-7,10-11,16-19,22H2,1-4H3,(H,35,40)(H,36,41). The SMILES string of the molecule is COc1ccc(CN(C)C)cc1NC(=O)C(NC(=O)N1CCN(C2CCCCC2)CC1)C(C)c1c[nH]c2ccccc12. The first-order valence-electron chi connectivity index (χ1n) is 15.3. The first kappa shape index (κ1) is 29.9. The van der Waals surface area contributed by atoms with Crippen molar-refractivity contribution in [3.63, 3.8) is 0 Å². The number of ether oxygens (including phenoxy) is 1. The van der Waals surface area contributed by atoms with Gasteiger partial charge in [0.1, 0.15) is 11.8 Å². The van der Waals surface area contributed by atoms with Gasteiger partial charge in [-0.05, 0) is 56.3 Å². The zero-order valence-corrected chi connectivity index (χ0v) is 25.5. The van der Waals surface area contributed by atoms with Crippen LogP contribution in [0.25, 0.3) is 10.9 Å². The molecule has 42 heavy (non-hydrogen) atoms. The van der Waals surface area contributed by atoms with Crippen molar-refractivity contribution in [2.45, 2.75) is 63.6 Å². The molecule has 2 aromatic carbocycles. The Morgan fingerprint density at radius 3 is 2.50 bits per heavy atom. The summed E-state index contributed by atoms with van der Waals surface area (Å²) in [5, 5.41) is 7.27.